The molecule has 0 spiro atoms. The first-order chi connectivity index (χ1) is 13.3. The number of hydrogen-bond donors (Lipinski definition) is 3. The molecule has 5 aromatic rings. The first-order valence-electron chi connectivity index (χ1n) is 8.54. The van der Waals surface area contributed by atoms with E-state index in [1.54, 1.807) is 12.4 Å². The molecule has 0 radical (unpaired) electrons. The van der Waals surface area contributed by atoms with Gasteiger partial charge in [-0.15, -0.1) is 0 Å². The molecule has 0 amide bonds. The van der Waals surface area contributed by atoms with Gasteiger partial charge in [-0.05, 0) is 23.8 Å². The van der Waals surface area contributed by atoms with E-state index in [0.717, 1.165) is 39.1 Å². The molecule has 0 aliphatic carbocycles. The number of nitrogens with zero attached hydrogens (tertiary/aromatic N) is 4. The number of aliphatic hydroxyl groups is 1. The molecule has 0 saturated carbocycles. The van der Waals surface area contributed by atoms with E-state index in [4.69, 9.17) is 4.98 Å². The minimum Gasteiger partial charge on any atom is -0.392 e. The predicted octanol–water partition coefficient (Wildman–Crippen LogP) is 3.51. The van der Waals surface area contributed by atoms with Crippen LogP contribution in [0.5, 0.6) is 0 Å². The quantitative estimate of drug-likeness (QED) is 0.458. The van der Waals surface area contributed by atoms with Gasteiger partial charge < -0.3 is 14.8 Å². The summed E-state index contributed by atoms with van der Waals surface area (Å²) < 4.78 is 1.94. The number of aromatic amines is 1. The second kappa shape index (κ2) is 6.22. The molecule has 7 heteroatoms. The molecule has 5 rings (SSSR count). The molecule has 0 fully saturated rings. The zero-order chi connectivity index (χ0) is 18.2. The van der Waals surface area contributed by atoms with Gasteiger partial charge in [0.25, 0.3) is 0 Å². The summed E-state index contributed by atoms with van der Waals surface area (Å²) >= 11 is 0. The molecule has 0 atom stereocenters. The second-order valence-corrected chi connectivity index (χ2v) is 6.29. The lowest BCUT2D eigenvalue weighted by Crippen LogP contribution is -2.00. The molecule has 0 bridgehead atoms. The third kappa shape index (κ3) is 2.80. The molecular weight excluding hydrogens is 340 g/mol. The summed E-state index contributed by atoms with van der Waals surface area (Å²) in [6.45, 7) is -0.00796. The van der Waals surface area contributed by atoms with Crippen LogP contribution < -0.4 is 5.32 Å². The maximum atomic E-state index is 9.36. The summed E-state index contributed by atoms with van der Waals surface area (Å²) in [4.78, 5) is 9.20. The number of anilines is 2. The van der Waals surface area contributed by atoms with Crippen molar-refractivity contribution in [3.63, 3.8) is 0 Å². The first kappa shape index (κ1) is 15.5. The van der Waals surface area contributed by atoms with Gasteiger partial charge in [-0.1, -0.05) is 24.3 Å². The monoisotopic (exact) mass is 356 g/mol. The number of H-pyrrole nitrogens is 1. The highest BCUT2D eigenvalue weighted by molar-refractivity contribution is 5.83. The van der Waals surface area contributed by atoms with Gasteiger partial charge in [0, 0.05) is 35.2 Å². The van der Waals surface area contributed by atoms with Gasteiger partial charge in [0.1, 0.15) is 0 Å². The normalized spacial score (nSPS) is 11.3. The van der Waals surface area contributed by atoms with Crippen LogP contribution in [0.3, 0.4) is 0 Å². The maximum Gasteiger partial charge on any atom is 0.180 e. The fourth-order valence-electron chi connectivity index (χ4n) is 3.14. The van der Waals surface area contributed by atoms with Crippen LogP contribution in [-0.2, 0) is 6.61 Å². The Kier molecular flexibility index (Phi) is 3.58. The van der Waals surface area contributed by atoms with Gasteiger partial charge in [-0.25, -0.2) is 9.97 Å². The largest absolute Gasteiger partial charge is 0.392 e. The van der Waals surface area contributed by atoms with Gasteiger partial charge in [0.05, 0.1) is 24.0 Å². The van der Waals surface area contributed by atoms with Crippen molar-refractivity contribution in [3.05, 3.63) is 72.8 Å². The Hall–Kier alpha value is -3.71. The minimum atomic E-state index is -0.00796. The highest BCUT2D eigenvalue weighted by atomic mass is 16.3. The molecule has 0 saturated heterocycles. The Morgan fingerprint density at radius 3 is 3.04 bits per heavy atom. The SMILES string of the molecule is OCc1cccc(Nc2nc(-c3ccc4cn[nH]c4c3)cn3ccnc23)c1. The number of aliphatic hydroxyl groups excluding tert-OH is 1. The van der Waals surface area contributed by atoms with E-state index >= 15 is 0 Å². The van der Waals surface area contributed by atoms with E-state index in [2.05, 4.69) is 20.5 Å². The molecule has 0 unspecified atom stereocenters. The van der Waals surface area contributed by atoms with Crippen molar-refractivity contribution < 1.29 is 5.11 Å². The average Bonchev–Trinajstić information content (AvgIpc) is 3.36. The van der Waals surface area contributed by atoms with E-state index in [0.29, 0.717) is 5.82 Å². The van der Waals surface area contributed by atoms with E-state index < -0.39 is 0 Å². The van der Waals surface area contributed by atoms with Gasteiger partial charge in [-0.2, -0.15) is 5.10 Å². The number of fused-ring (bicyclic) bond motifs is 2. The van der Waals surface area contributed by atoms with Crippen LogP contribution in [0.15, 0.2) is 67.3 Å². The Balaban J connectivity index is 1.62. The lowest BCUT2D eigenvalue weighted by molar-refractivity contribution is 0.282. The van der Waals surface area contributed by atoms with Crippen LogP contribution in [-0.4, -0.2) is 29.7 Å². The third-order valence-electron chi connectivity index (χ3n) is 4.48. The van der Waals surface area contributed by atoms with Gasteiger partial charge >= 0.3 is 0 Å². The highest BCUT2D eigenvalue weighted by Gasteiger charge is 2.11. The van der Waals surface area contributed by atoms with Crippen LogP contribution in [0.25, 0.3) is 27.8 Å². The molecule has 3 heterocycles. The van der Waals surface area contributed by atoms with Crippen molar-refractivity contribution in [2.45, 2.75) is 6.61 Å². The summed E-state index contributed by atoms with van der Waals surface area (Å²) in [5.74, 6) is 0.650. The fraction of sp³-hybridized carbons (Fsp3) is 0.0500. The van der Waals surface area contributed by atoms with Crippen LogP contribution >= 0.6 is 0 Å². The van der Waals surface area contributed by atoms with E-state index in [1.165, 1.54) is 0 Å². The van der Waals surface area contributed by atoms with Crippen LogP contribution in [0, 0.1) is 0 Å². The molecule has 27 heavy (non-hydrogen) atoms. The Morgan fingerprint density at radius 1 is 1.15 bits per heavy atom. The molecule has 3 aromatic heterocycles. The summed E-state index contributed by atoms with van der Waals surface area (Å²) in [5, 5.41) is 20.8. The molecule has 7 nitrogen and oxygen atoms in total. The lowest BCUT2D eigenvalue weighted by atomic mass is 10.1. The Bertz CT molecular complexity index is 1260. The number of benzene rings is 2. The Morgan fingerprint density at radius 2 is 2.11 bits per heavy atom. The Labute approximate surface area is 154 Å². The molecular formula is C20H16N6O. The average molecular weight is 356 g/mol. The number of rotatable bonds is 4. The summed E-state index contributed by atoms with van der Waals surface area (Å²) in [6, 6.07) is 13.7. The molecule has 0 aliphatic rings. The maximum absolute atomic E-state index is 9.36. The van der Waals surface area contributed by atoms with Gasteiger partial charge in [0.15, 0.2) is 11.5 Å². The topological polar surface area (TPSA) is 91.1 Å². The number of aromatic nitrogens is 5. The van der Waals surface area contributed by atoms with Crippen molar-refractivity contribution >= 4 is 28.1 Å². The minimum absolute atomic E-state index is 0.00796. The van der Waals surface area contributed by atoms with Crippen molar-refractivity contribution in [1.29, 1.82) is 0 Å². The lowest BCUT2D eigenvalue weighted by Gasteiger charge is -2.11. The van der Waals surface area contributed by atoms with Crippen LogP contribution in [0.4, 0.5) is 11.5 Å². The third-order valence-corrected chi connectivity index (χ3v) is 4.48. The van der Waals surface area contributed by atoms with E-state index in [9.17, 15) is 5.11 Å². The van der Waals surface area contributed by atoms with E-state index in [1.807, 2.05) is 59.3 Å². The predicted molar refractivity (Wildman–Crippen MR) is 104 cm³/mol. The summed E-state index contributed by atoms with van der Waals surface area (Å²) in [5.41, 5.74) is 5.17. The van der Waals surface area contributed by atoms with Crippen molar-refractivity contribution in [1.82, 2.24) is 24.6 Å². The smallest absolute Gasteiger partial charge is 0.180 e. The molecule has 132 valence electrons. The second-order valence-electron chi connectivity index (χ2n) is 6.29. The van der Waals surface area contributed by atoms with Gasteiger partial charge in [-0.3, -0.25) is 5.10 Å². The number of hydrogen-bond acceptors (Lipinski definition) is 5. The number of imidazole rings is 1. The standard InChI is InChI=1S/C20H16N6O/c27-12-13-2-1-3-16(8-13)23-19-20-21-6-7-26(20)11-18(24-19)14-4-5-15-10-22-25-17(15)9-14/h1-11,27H,12H2,(H,22,25)(H,23,24). The molecule has 0 aliphatic heterocycles. The summed E-state index contributed by atoms with van der Waals surface area (Å²) in [7, 11) is 0. The zero-order valence-electron chi connectivity index (χ0n) is 14.3. The van der Waals surface area contributed by atoms with Crippen LogP contribution in [0.1, 0.15) is 5.56 Å². The van der Waals surface area contributed by atoms with Crippen molar-refractivity contribution in [2.75, 3.05) is 5.32 Å². The molecule has 2 aromatic carbocycles. The van der Waals surface area contributed by atoms with E-state index in [-0.39, 0.29) is 6.61 Å². The number of nitrogens with one attached hydrogen (secondary N) is 2. The molecule has 3 N–H and O–H groups in total. The highest BCUT2D eigenvalue weighted by Crippen LogP contribution is 2.26. The van der Waals surface area contributed by atoms with Crippen LogP contribution in [0.2, 0.25) is 0 Å². The van der Waals surface area contributed by atoms with Gasteiger partial charge in [0.2, 0.25) is 0 Å². The first-order valence-corrected chi connectivity index (χ1v) is 8.54. The van der Waals surface area contributed by atoms with Crippen molar-refractivity contribution in [3.8, 4) is 11.3 Å². The summed E-state index contributed by atoms with van der Waals surface area (Å²) in [6.07, 6.45) is 7.39. The fourth-order valence-corrected chi connectivity index (χ4v) is 3.14. The van der Waals surface area contributed by atoms with Crippen molar-refractivity contribution in [2.24, 2.45) is 0 Å². The zero-order valence-corrected chi connectivity index (χ0v) is 14.3.